The van der Waals surface area contributed by atoms with Gasteiger partial charge in [-0.1, -0.05) is 44.0 Å². The highest BCUT2D eigenvalue weighted by atomic mass is 35.5. The molecule has 1 aromatic heterocycles. The molecule has 0 aliphatic heterocycles. The monoisotopic (exact) mass is 268 g/mol. The number of hydrogen-bond acceptors (Lipinski definition) is 1. The third-order valence-electron chi connectivity index (χ3n) is 2.55. The van der Waals surface area contributed by atoms with Crippen LogP contribution >= 0.6 is 23.2 Å². The van der Waals surface area contributed by atoms with E-state index in [1.54, 1.807) is 6.07 Å². The van der Waals surface area contributed by atoms with Crippen LogP contribution in [0.1, 0.15) is 26.5 Å². The van der Waals surface area contributed by atoms with Gasteiger partial charge in [0.25, 0.3) is 0 Å². The molecule has 0 N–H and O–H groups in total. The lowest BCUT2D eigenvalue weighted by Gasteiger charge is -2.14. The third kappa shape index (κ3) is 2.67. The molecule has 0 spiro atoms. The van der Waals surface area contributed by atoms with Gasteiger partial charge in [-0.2, -0.15) is 0 Å². The third-order valence-corrected chi connectivity index (χ3v) is 3.29. The van der Waals surface area contributed by atoms with E-state index < -0.39 is 0 Å². The summed E-state index contributed by atoms with van der Waals surface area (Å²) in [5, 5.41) is 1.09. The molecule has 0 aliphatic carbocycles. The highest BCUT2D eigenvalue weighted by molar-refractivity contribution is 6.42. The first-order valence-electron chi connectivity index (χ1n) is 5.43. The first-order chi connectivity index (χ1) is 7.88. The van der Waals surface area contributed by atoms with Gasteiger partial charge in [0.2, 0.25) is 0 Å². The number of furan rings is 1. The Morgan fingerprint density at radius 1 is 0.941 bits per heavy atom. The standard InChI is InChI=1S/C14H14Cl2O/c1-14(2,3)13-7-6-12(17-13)9-4-5-10(15)11(16)8-9/h4-8H,1-3H3. The van der Waals surface area contributed by atoms with E-state index in [1.807, 2.05) is 24.3 Å². The Kier molecular flexibility index (Phi) is 3.24. The molecule has 3 heteroatoms. The predicted molar refractivity (Wildman–Crippen MR) is 72.9 cm³/mol. The Morgan fingerprint density at radius 3 is 2.18 bits per heavy atom. The molecule has 0 amide bonds. The number of rotatable bonds is 1. The van der Waals surface area contributed by atoms with Crippen LogP contribution in [0.25, 0.3) is 11.3 Å². The smallest absolute Gasteiger partial charge is 0.134 e. The van der Waals surface area contributed by atoms with Crippen molar-refractivity contribution in [3.05, 3.63) is 46.1 Å². The second-order valence-corrected chi connectivity index (χ2v) is 5.86. The average Bonchev–Trinajstić information content (AvgIpc) is 2.70. The number of halogens is 2. The van der Waals surface area contributed by atoms with E-state index in [0.717, 1.165) is 17.1 Å². The maximum Gasteiger partial charge on any atom is 0.134 e. The van der Waals surface area contributed by atoms with E-state index in [-0.39, 0.29) is 5.41 Å². The molecule has 1 nitrogen and oxygen atoms in total. The van der Waals surface area contributed by atoms with Crippen molar-refractivity contribution in [3.63, 3.8) is 0 Å². The maximum absolute atomic E-state index is 5.99. The fourth-order valence-corrected chi connectivity index (χ4v) is 1.84. The second kappa shape index (κ2) is 4.40. The van der Waals surface area contributed by atoms with Gasteiger partial charge in [0.05, 0.1) is 10.0 Å². The van der Waals surface area contributed by atoms with Crippen LogP contribution in [0.15, 0.2) is 34.7 Å². The first-order valence-corrected chi connectivity index (χ1v) is 6.19. The van der Waals surface area contributed by atoms with Crippen LogP contribution in [-0.2, 0) is 5.41 Å². The maximum atomic E-state index is 5.99. The van der Waals surface area contributed by atoms with Crippen molar-refractivity contribution in [2.75, 3.05) is 0 Å². The van der Waals surface area contributed by atoms with Crippen LogP contribution in [0.5, 0.6) is 0 Å². The van der Waals surface area contributed by atoms with Gasteiger partial charge in [0.15, 0.2) is 0 Å². The average molecular weight is 269 g/mol. The summed E-state index contributed by atoms with van der Waals surface area (Å²) >= 11 is 11.9. The molecule has 0 bridgehead atoms. The molecule has 0 atom stereocenters. The van der Waals surface area contributed by atoms with Crippen molar-refractivity contribution in [2.24, 2.45) is 0 Å². The lowest BCUT2D eigenvalue weighted by atomic mass is 9.94. The van der Waals surface area contributed by atoms with E-state index in [1.165, 1.54) is 0 Å². The van der Waals surface area contributed by atoms with Gasteiger partial charge >= 0.3 is 0 Å². The molecule has 2 aromatic rings. The van der Waals surface area contributed by atoms with E-state index in [9.17, 15) is 0 Å². The number of hydrogen-bond donors (Lipinski definition) is 0. The normalized spacial score (nSPS) is 11.8. The van der Waals surface area contributed by atoms with Gasteiger partial charge in [0.1, 0.15) is 11.5 Å². The van der Waals surface area contributed by atoms with Crippen LogP contribution in [-0.4, -0.2) is 0 Å². The molecular formula is C14H14Cl2O. The van der Waals surface area contributed by atoms with Crippen LogP contribution < -0.4 is 0 Å². The van der Waals surface area contributed by atoms with E-state index in [0.29, 0.717) is 10.0 Å². The summed E-state index contributed by atoms with van der Waals surface area (Å²) < 4.78 is 5.83. The summed E-state index contributed by atoms with van der Waals surface area (Å²) in [6.07, 6.45) is 0. The fourth-order valence-electron chi connectivity index (χ4n) is 1.55. The quantitative estimate of drug-likeness (QED) is 0.661. The number of benzene rings is 1. The summed E-state index contributed by atoms with van der Waals surface area (Å²) in [6.45, 7) is 6.35. The minimum atomic E-state index is 0.00840. The Bertz CT molecular complexity index is 535. The zero-order valence-electron chi connectivity index (χ0n) is 10.1. The van der Waals surface area contributed by atoms with Gasteiger partial charge < -0.3 is 4.42 Å². The van der Waals surface area contributed by atoms with Crippen molar-refractivity contribution in [3.8, 4) is 11.3 Å². The lowest BCUT2D eigenvalue weighted by Crippen LogP contribution is -2.08. The highest BCUT2D eigenvalue weighted by Crippen LogP contribution is 2.32. The van der Waals surface area contributed by atoms with Crippen molar-refractivity contribution in [1.82, 2.24) is 0 Å². The molecule has 90 valence electrons. The lowest BCUT2D eigenvalue weighted by molar-refractivity contribution is 0.417. The van der Waals surface area contributed by atoms with Crippen molar-refractivity contribution in [1.29, 1.82) is 0 Å². The van der Waals surface area contributed by atoms with E-state index >= 15 is 0 Å². The largest absolute Gasteiger partial charge is 0.461 e. The molecule has 0 radical (unpaired) electrons. The second-order valence-electron chi connectivity index (χ2n) is 5.04. The summed E-state index contributed by atoms with van der Waals surface area (Å²) in [6, 6.07) is 9.45. The van der Waals surface area contributed by atoms with E-state index in [2.05, 4.69) is 20.8 Å². The van der Waals surface area contributed by atoms with Gasteiger partial charge in [-0.15, -0.1) is 0 Å². The zero-order chi connectivity index (χ0) is 12.6. The molecule has 17 heavy (non-hydrogen) atoms. The zero-order valence-corrected chi connectivity index (χ0v) is 11.6. The summed E-state index contributed by atoms with van der Waals surface area (Å²) in [5.74, 6) is 1.77. The molecule has 1 aromatic carbocycles. The predicted octanol–water partition coefficient (Wildman–Crippen LogP) is 5.55. The van der Waals surface area contributed by atoms with Gasteiger partial charge in [-0.25, -0.2) is 0 Å². The molecule has 0 fully saturated rings. The molecule has 2 rings (SSSR count). The molecule has 0 saturated heterocycles. The molecule has 0 unspecified atom stereocenters. The minimum Gasteiger partial charge on any atom is -0.461 e. The van der Waals surface area contributed by atoms with Crippen LogP contribution in [0.3, 0.4) is 0 Å². The molecule has 1 heterocycles. The van der Waals surface area contributed by atoms with Crippen LogP contribution in [0, 0.1) is 0 Å². The van der Waals surface area contributed by atoms with Gasteiger partial charge in [0, 0.05) is 11.0 Å². The van der Waals surface area contributed by atoms with Gasteiger partial charge in [-0.3, -0.25) is 0 Å². The molecule has 0 aliphatic rings. The van der Waals surface area contributed by atoms with Crippen molar-refractivity contribution >= 4 is 23.2 Å². The van der Waals surface area contributed by atoms with E-state index in [4.69, 9.17) is 27.6 Å². The van der Waals surface area contributed by atoms with Crippen molar-refractivity contribution in [2.45, 2.75) is 26.2 Å². The van der Waals surface area contributed by atoms with Crippen LogP contribution in [0.4, 0.5) is 0 Å². The SMILES string of the molecule is CC(C)(C)c1ccc(-c2ccc(Cl)c(Cl)c2)o1. The Labute approximate surface area is 111 Å². The Hall–Kier alpha value is -0.920. The molecule has 0 saturated carbocycles. The minimum absolute atomic E-state index is 0.00840. The highest BCUT2D eigenvalue weighted by Gasteiger charge is 2.18. The molecular weight excluding hydrogens is 255 g/mol. The van der Waals surface area contributed by atoms with Crippen LogP contribution in [0.2, 0.25) is 10.0 Å². The Balaban J connectivity index is 2.40. The topological polar surface area (TPSA) is 13.1 Å². The fraction of sp³-hybridized carbons (Fsp3) is 0.286. The summed E-state index contributed by atoms with van der Waals surface area (Å²) in [7, 11) is 0. The first kappa shape index (κ1) is 12.5. The van der Waals surface area contributed by atoms with Gasteiger partial charge in [-0.05, 0) is 30.3 Å². The Morgan fingerprint density at radius 2 is 1.65 bits per heavy atom. The summed E-state index contributed by atoms with van der Waals surface area (Å²) in [5.41, 5.74) is 0.948. The summed E-state index contributed by atoms with van der Waals surface area (Å²) in [4.78, 5) is 0. The van der Waals surface area contributed by atoms with Crippen molar-refractivity contribution < 1.29 is 4.42 Å².